The molecule has 0 aliphatic heterocycles. The molecule has 6 nitrogen and oxygen atoms in total. The molecule has 0 unspecified atom stereocenters. The van der Waals surface area contributed by atoms with Crippen molar-refractivity contribution in [3.8, 4) is 0 Å². The molecule has 7 heteroatoms. The average Bonchev–Trinajstić information content (AvgIpc) is 2.67. The Morgan fingerprint density at radius 3 is 2.37 bits per heavy atom. The molecule has 2 N–H and O–H groups in total. The minimum atomic E-state index is -1.05. The van der Waals surface area contributed by atoms with E-state index in [9.17, 15) is 14.0 Å². The van der Waals surface area contributed by atoms with Gasteiger partial charge in [0.25, 0.3) is 0 Å². The van der Waals surface area contributed by atoms with E-state index in [-0.39, 0.29) is 6.61 Å². The standard InChI is InChI=1S/C23H29FN2O4/c1-15-18(24)12-9-13-19(15)25-21(27)20(26-22(28)30-23(3,4)5)16(2)29-14-17-10-7-6-8-11-17/h6-13,16,20H,14H2,1-5H3,(H,25,27)(H,26,28)/t16-,20+/m1/s1. The molecule has 0 saturated heterocycles. The second-order valence-electron chi connectivity index (χ2n) is 8.03. The first-order chi connectivity index (χ1) is 14.1. The van der Waals surface area contributed by atoms with Crippen LogP contribution in [0.15, 0.2) is 48.5 Å². The third-order valence-corrected chi connectivity index (χ3v) is 4.31. The summed E-state index contributed by atoms with van der Waals surface area (Å²) < 4.78 is 24.9. The van der Waals surface area contributed by atoms with Gasteiger partial charge in [0.05, 0.1) is 12.7 Å². The summed E-state index contributed by atoms with van der Waals surface area (Å²) in [5.41, 5.74) is 0.839. The summed E-state index contributed by atoms with van der Waals surface area (Å²) in [4.78, 5) is 25.2. The SMILES string of the molecule is Cc1c(F)cccc1NC(=O)[C@@H](NC(=O)OC(C)(C)C)[C@@H](C)OCc1ccccc1. The molecule has 0 aliphatic carbocycles. The van der Waals surface area contributed by atoms with Crippen LogP contribution < -0.4 is 10.6 Å². The summed E-state index contributed by atoms with van der Waals surface area (Å²) in [6.45, 7) is 8.70. The molecular weight excluding hydrogens is 387 g/mol. The summed E-state index contributed by atoms with van der Waals surface area (Å²) in [7, 11) is 0. The van der Waals surface area contributed by atoms with Crippen LogP contribution in [0.2, 0.25) is 0 Å². The number of carbonyl (C=O) groups is 2. The highest BCUT2D eigenvalue weighted by molar-refractivity contribution is 5.97. The summed E-state index contributed by atoms with van der Waals surface area (Å²) in [6.07, 6.45) is -1.42. The van der Waals surface area contributed by atoms with Crippen LogP contribution in [0.3, 0.4) is 0 Å². The van der Waals surface area contributed by atoms with E-state index in [1.165, 1.54) is 12.1 Å². The van der Waals surface area contributed by atoms with Crippen molar-refractivity contribution in [2.24, 2.45) is 0 Å². The van der Waals surface area contributed by atoms with Gasteiger partial charge in [0.2, 0.25) is 5.91 Å². The topological polar surface area (TPSA) is 76.7 Å². The molecular formula is C23H29FN2O4. The summed E-state index contributed by atoms with van der Waals surface area (Å²) in [5.74, 6) is -0.965. The van der Waals surface area contributed by atoms with E-state index in [4.69, 9.17) is 9.47 Å². The zero-order chi connectivity index (χ0) is 22.3. The number of carbonyl (C=O) groups excluding carboxylic acids is 2. The molecule has 0 bridgehead atoms. The first-order valence-corrected chi connectivity index (χ1v) is 9.78. The third kappa shape index (κ3) is 7.15. The fourth-order valence-corrected chi connectivity index (χ4v) is 2.68. The van der Waals surface area contributed by atoms with Crippen molar-refractivity contribution in [1.82, 2.24) is 5.32 Å². The molecule has 0 aromatic heterocycles. The number of amides is 2. The Hall–Kier alpha value is -2.93. The Labute approximate surface area is 176 Å². The molecule has 30 heavy (non-hydrogen) atoms. The Bertz CT molecular complexity index is 865. The highest BCUT2D eigenvalue weighted by atomic mass is 19.1. The van der Waals surface area contributed by atoms with E-state index in [0.29, 0.717) is 11.3 Å². The molecule has 162 valence electrons. The highest BCUT2D eigenvalue weighted by Gasteiger charge is 2.30. The highest BCUT2D eigenvalue weighted by Crippen LogP contribution is 2.18. The fourth-order valence-electron chi connectivity index (χ4n) is 2.68. The van der Waals surface area contributed by atoms with Gasteiger partial charge in [-0.1, -0.05) is 36.4 Å². The number of hydrogen-bond donors (Lipinski definition) is 2. The normalized spacial score (nSPS) is 13.3. The second kappa shape index (κ2) is 10.2. The number of nitrogens with one attached hydrogen (secondary N) is 2. The summed E-state index contributed by atoms with van der Waals surface area (Å²) >= 11 is 0. The molecule has 0 heterocycles. The maximum absolute atomic E-state index is 13.8. The van der Waals surface area contributed by atoms with E-state index in [2.05, 4.69) is 10.6 Å². The number of hydrogen-bond acceptors (Lipinski definition) is 4. The van der Waals surface area contributed by atoms with Crippen molar-refractivity contribution in [3.05, 3.63) is 65.5 Å². The number of ether oxygens (including phenoxy) is 2. The fraction of sp³-hybridized carbons (Fsp3) is 0.391. The molecule has 0 aliphatic rings. The van der Waals surface area contributed by atoms with Gasteiger partial charge in [-0.15, -0.1) is 0 Å². The lowest BCUT2D eigenvalue weighted by Crippen LogP contribution is -2.52. The van der Waals surface area contributed by atoms with Crippen LogP contribution in [-0.2, 0) is 20.9 Å². The van der Waals surface area contributed by atoms with Gasteiger partial charge in [-0.05, 0) is 52.3 Å². The predicted octanol–water partition coefficient (Wildman–Crippen LogP) is 4.57. The molecule has 2 rings (SSSR count). The van der Waals surface area contributed by atoms with Crippen molar-refractivity contribution in [2.45, 2.75) is 59.0 Å². The molecule has 2 aromatic rings. The third-order valence-electron chi connectivity index (χ3n) is 4.31. The lowest BCUT2D eigenvalue weighted by atomic mass is 10.1. The Balaban J connectivity index is 2.15. The molecule has 0 spiro atoms. The molecule has 0 radical (unpaired) electrons. The lowest BCUT2D eigenvalue weighted by molar-refractivity contribution is -0.122. The van der Waals surface area contributed by atoms with Crippen LogP contribution in [0, 0.1) is 12.7 Å². The Morgan fingerprint density at radius 2 is 1.73 bits per heavy atom. The minimum Gasteiger partial charge on any atom is -0.444 e. The van der Waals surface area contributed by atoms with Crippen molar-refractivity contribution >= 4 is 17.7 Å². The van der Waals surface area contributed by atoms with Gasteiger partial charge in [-0.2, -0.15) is 0 Å². The van der Waals surface area contributed by atoms with Crippen LogP contribution >= 0.6 is 0 Å². The largest absolute Gasteiger partial charge is 0.444 e. The Morgan fingerprint density at radius 1 is 1.07 bits per heavy atom. The number of benzene rings is 2. The number of alkyl carbamates (subject to hydrolysis) is 1. The number of anilines is 1. The van der Waals surface area contributed by atoms with E-state index in [1.807, 2.05) is 30.3 Å². The quantitative estimate of drug-likeness (QED) is 0.693. The molecule has 2 atom stereocenters. The van der Waals surface area contributed by atoms with Crippen molar-refractivity contribution < 1.29 is 23.5 Å². The second-order valence-corrected chi connectivity index (χ2v) is 8.03. The predicted molar refractivity (Wildman–Crippen MR) is 114 cm³/mol. The van der Waals surface area contributed by atoms with Crippen molar-refractivity contribution in [1.29, 1.82) is 0 Å². The molecule has 0 fully saturated rings. The zero-order valence-corrected chi connectivity index (χ0v) is 18.0. The van der Waals surface area contributed by atoms with Crippen LogP contribution in [0.25, 0.3) is 0 Å². The van der Waals surface area contributed by atoms with Gasteiger partial charge in [0, 0.05) is 11.3 Å². The Kier molecular flexibility index (Phi) is 7.94. The van der Waals surface area contributed by atoms with E-state index < -0.39 is 35.6 Å². The maximum atomic E-state index is 13.8. The van der Waals surface area contributed by atoms with Gasteiger partial charge in [0.15, 0.2) is 0 Å². The minimum absolute atomic E-state index is 0.265. The van der Waals surface area contributed by atoms with Crippen molar-refractivity contribution in [2.75, 3.05) is 5.32 Å². The van der Waals surface area contributed by atoms with Gasteiger partial charge < -0.3 is 20.1 Å². The van der Waals surface area contributed by atoms with Gasteiger partial charge in [0.1, 0.15) is 17.5 Å². The van der Waals surface area contributed by atoms with E-state index in [1.54, 1.807) is 40.7 Å². The monoisotopic (exact) mass is 416 g/mol. The lowest BCUT2D eigenvalue weighted by Gasteiger charge is -2.27. The first kappa shape index (κ1) is 23.3. The van der Waals surface area contributed by atoms with Gasteiger partial charge in [-0.25, -0.2) is 9.18 Å². The van der Waals surface area contributed by atoms with Gasteiger partial charge in [-0.3, -0.25) is 4.79 Å². The number of rotatable bonds is 7. The molecule has 2 aromatic carbocycles. The smallest absolute Gasteiger partial charge is 0.408 e. The molecule has 2 amide bonds. The molecule has 0 saturated carbocycles. The van der Waals surface area contributed by atoms with Crippen molar-refractivity contribution in [3.63, 3.8) is 0 Å². The van der Waals surface area contributed by atoms with E-state index >= 15 is 0 Å². The van der Waals surface area contributed by atoms with Gasteiger partial charge >= 0.3 is 6.09 Å². The first-order valence-electron chi connectivity index (χ1n) is 9.78. The average molecular weight is 416 g/mol. The van der Waals surface area contributed by atoms with E-state index in [0.717, 1.165) is 5.56 Å². The maximum Gasteiger partial charge on any atom is 0.408 e. The van der Waals surface area contributed by atoms with Crippen LogP contribution in [0.4, 0.5) is 14.9 Å². The zero-order valence-electron chi connectivity index (χ0n) is 18.0. The summed E-state index contributed by atoms with van der Waals surface area (Å²) in [5, 5.41) is 5.24. The van der Waals surface area contributed by atoms with Crippen LogP contribution in [-0.4, -0.2) is 29.7 Å². The van der Waals surface area contributed by atoms with Crippen LogP contribution in [0.5, 0.6) is 0 Å². The van der Waals surface area contributed by atoms with Crippen LogP contribution in [0.1, 0.15) is 38.8 Å². The summed E-state index contributed by atoms with van der Waals surface area (Å²) in [6, 6.07) is 12.8. The number of halogens is 1.